The molecule has 1 atom stereocenters. The Hall–Kier alpha value is -3.51. The number of aryl methyl sites for hydroxylation is 1. The Morgan fingerprint density at radius 3 is 2.58 bits per heavy atom. The van der Waals surface area contributed by atoms with Crippen LogP contribution in [0.5, 0.6) is 11.5 Å². The van der Waals surface area contributed by atoms with Crippen molar-refractivity contribution in [1.82, 2.24) is 14.9 Å². The third-order valence-corrected chi connectivity index (χ3v) is 5.60. The van der Waals surface area contributed by atoms with Gasteiger partial charge >= 0.3 is 0 Å². The average molecular weight is 464 g/mol. The van der Waals surface area contributed by atoms with Gasteiger partial charge in [0.05, 0.1) is 30.8 Å². The van der Waals surface area contributed by atoms with E-state index in [-0.39, 0.29) is 11.9 Å². The van der Waals surface area contributed by atoms with Gasteiger partial charge in [-0.2, -0.15) is 0 Å². The number of benzene rings is 3. The van der Waals surface area contributed by atoms with E-state index in [2.05, 4.69) is 9.88 Å². The van der Waals surface area contributed by atoms with Crippen molar-refractivity contribution in [1.29, 1.82) is 0 Å². The molecule has 6 nitrogen and oxygen atoms in total. The lowest BCUT2D eigenvalue weighted by atomic mass is 10.2. The van der Waals surface area contributed by atoms with Gasteiger partial charge in [0.15, 0.2) is 0 Å². The molecule has 0 aliphatic carbocycles. The molecule has 1 aromatic heterocycles. The molecule has 1 N–H and O–H groups in total. The minimum atomic E-state index is -0.286. The van der Waals surface area contributed by atoms with E-state index in [9.17, 15) is 4.79 Å². The van der Waals surface area contributed by atoms with E-state index >= 15 is 0 Å². The highest BCUT2D eigenvalue weighted by Crippen LogP contribution is 2.22. The first-order valence-corrected chi connectivity index (χ1v) is 11.2. The number of nitrogens with one attached hydrogen (secondary N) is 1. The molecule has 7 heteroatoms. The first-order chi connectivity index (χ1) is 16.0. The SMILES string of the molecule is COc1ccc(OCCCn2c(C(C)NC(=O)c3cccc(Cl)c3)nc3ccccc32)cc1. The number of methoxy groups -OCH3 is 1. The van der Waals surface area contributed by atoms with Crippen molar-refractivity contribution >= 4 is 28.5 Å². The van der Waals surface area contributed by atoms with Crippen LogP contribution in [0.4, 0.5) is 0 Å². The van der Waals surface area contributed by atoms with Crippen molar-refractivity contribution in [2.45, 2.75) is 25.9 Å². The van der Waals surface area contributed by atoms with Gasteiger partial charge in [0.1, 0.15) is 17.3 Å². The Bertz CT molecular complexity index is 1240. The Morgan fingerprint density at radius 1 is 1.06 bits per heavy atom. The number of imidazole rings is 1. The molecule has 1 amide bonds. The lowest BCUT2D eigenvalue weighted by Crippen LogP contribution is -2.28. The van der Waals surface area contributed by atoms with Gasteiger partial charge < -0.3 is 19.4 Å². The van der Waals surface area contributed by atoms with Crippen LogP contribution in [0.3, 0.4) is 0 Å². The summed E-state index contributed by atoms with van der Waals surface area (Å²) in [6.07, 6.45) is 0.786. The predicted molar refractivity (Wildman–Crippen MR) is 130 cm³/mol. The van der Waals surface area contributed by atoms with Gasteiger partial charge in [0.25, 0.3) is 5.91 Å². The van der Waals surface area contributed by atoms with Crippen molar-refractivity contribution < 1.29 is 14.3 Å². The molecular weight excluding hydrogens is 438 g/mol. The molecule has 0 aliphatic rings. The van der Waals surface area contributed by atoms with Crippen molar-refractivity contribution in [2.75, 3.05) is 13.7 Å². The van der Waals surface area contributed by atoms with Crippen LogP contribution < -0.4 is 14.8 Å². The number of carbonyl (C=O) groups excluding carboxylic acids is 1. The van der Waals surface area contributed by atoms with Crippen LogP contribution in [0.1, 0.15) is 35.6 Å². The third-order valence-electron chi connectivity index (χ3n) is 5.36. The summed E-state index contributed by atoms with van der Waals surface area (Å²) in [7, 11) is 1.64. The van der Waals surface area contributed by atoms with E-state index in [0.29, 0.717) is 23.7 Å². The minimum Gasteiger partial charge on any atom is -0.497 e. The van der Waals surface area contributed by atoms with Crippen molar-refractivity contribution in [3.8, 4) is 11.5 Å². The second-order valence-electron chi connectivity index (χ2n) is 7.69. The monoisotopic (exact) mass is 463 g/mol. The third kappa shape index (κ3) is 5.46. The molecule has 0 aliphatic heterocycles. The van der Waals surface area contributed by atoms with E-state index in [4.69, 9.17) is 26.1 Å². The molecule has 4 aromatic rings. The number of hydrogen-bond donors (Lipinski definition) is 1. The lowest BCUT2D eigenvalue weighted by Gasteiger charge is -2.17. The van der Waals surface area contributed by atoms with Crippen molar-refractivity contribution in [2.24, 2.45) is 0 Å². The quantitative estimate of drug-likeness (QED) is 0.325. The zero-order valence-electron chi connectivity index (χ0n) is 18.6. The summed E-state index contributed by atoms with van der Waals surface area (Å²) >= 11 is 6.04. The van der Waals surface area contributed by atoms with Gasteiger partial charge in [0, 0.05) is 17.1 Å². The van der Waals surface area contributed by atoms with Crippen LogP contribution in [0.15, 0.2) is 72.8 Å². The fourth-order valence-corrected chi connectivity index (χ4v) is 3.91. The molecule has 1 unspecified atom stereocenters. The topological polar surface area (TPSA) is 65.4 Å². The van der Waals surface area contributed by atoms with E-state index in [1.165, 1.54) is 0 Å². The maximum atomic E-state index is 12.7. The smallest absolute Gasteiger partial charge is 0.251 e. The molecule has 3 aromatic carbocycles. The zero-order chi connectivity index (χ0) is 23.2. The second kappa shape index (κ2) is 10.4. The lowest BCUT2D eigenvalue weighted by molar-refractivity contribution is 0.0937. The zero-order valence-corrected chi connectivity index (χ0v) is 19.4. The molecule has 0 bridgehead atoms. The summed E-state index contributed by atoms with van der Waals surface area (Å²) in [5.41, 5.74) is 2.44. The molecule has 0 saturated carbocycles. The molecule has 0 saturated heterocycles. The van der Waals surface area contributed by atoms with Crippen molar-refractivity contribution in [3.63, 3.8) is 0 Å². The molecule has 33 heavy (non-hydrogen) atoms. The molecule has 4 rings (SSSR count). The summed E-state index contributed by atoms with van der Waals surface area (Å²) in [5.74, 6) is 2.21. The van der Waals surface area contributed by atoms with Gasteiger partial charge in [0.2, 0.25) is 0 Å². The number of rotatable bonds is 9. The number of para-hydroxylation sites is 2. The Balaban J connectivity index is 1.46. The van der Waals surface area contributed by atoms with Gasteiger partial charge in [-0.25, -0.2) is 4.98 Å². The molecular formula is C26H26ClN3O3. The number of amides is 1. The van der Waals surface area contributed by atoms with Gasteiger partial charge in [-0.15, -0.1) is 0 Å². The van der Waals surface area contributed by atoms with Gasteiger partial charge in [-0.3, -0.25) is 4.79 Å². The van der Waals surface area contributed by atoms with E-state index in [1.807, 2.05) is 55.5 Å². The highest BCUT2D eigenvalue weighted by Gasteiger charge is 2.19. The van der Waals surface area contributed by atoms with Crippen LogP contribution >= 0.6 is 11.6 Å². The minimum absolute atomic E-state index is 0.188. The second-order valence-corrected chi connectivity index (χ2v) is 8.13. The van der Waals surface area contributed by atoms with Crippen LogP contribution in [-0.2, 0) is 6.54 Å². The fourth-order valence-electron chi connectivity index (χ4n) is 3.72. The number of aromatic nitrogens is 2. The number of halogens is 1. The van der Waals surface area contributed by atoms with E-state index in [0.717, 1.165) is 34.8 Å². The van der Waals surface area contributed by atoms with Crippen LogP contribution in [0.25, 0.3) is 11.0 Å². The first kappa shape index (κ1) is 22.7. The maximum Gasteiger partial charge on any atom is 0.251 e. The number of ether oxygens (including phenoxy) is 2. The standard InChI is InChI=1S/C26H26ClN3O3/c1-18(28-26(31)19-7-5-8-20(27)17-19)25-29-23-9-3-4-10-24(23)30(25)15-6-16-33-22-13-11-21(32-2)12-14-22/h3-5,7-14,17-18H,6,15-16H2,1-2H3,(H,28,31). The molecule has 0 radical (unpaired) electrons. The predicted octanol–water partition coefficient (Wildman–Crippen LogP) is 5.66. The van der Waals surface area contributed by atoms with Gasteiger partial charge in [-0.1, -0.05) is 29.8 Å². The van der Waals surface area contributed by atoms with E-state index < -0.39 is 0 Å². The highest BCUT2D eigenvalue weighted by atomic mass is 35.5. The highest BCUT2D eigenvalue weighted by molar-refractivity contribution is 6.30. The maximum absolute atomic E-state index is 12.7. The van der Waals surface area contributed by atoms with Crippen LogP contribution in [0, 0.1) is 0 Å². The fraction of sp³-hybridized carbons (Fsp3) is 0.231. The Kier molecular flexibility index (Phi) is 7.15. The van der Waals surface area contributed by atoms with Crippen molar-refractivity contribution in [3.05, 3.63) is 89.2 Å². The number of fused-ring (bicyclic) bond motifs is 1. The molecule has 0 spiro atoms. The van der Waals surface area contributed by atoms with E-state index in [1.54, 1.807) is 31.4 Å². The summed E-state index contributed by atoms with van der Waals surface area (Å²) in [6.45, 7) is 3.21. The number of nitrogens with zero attached hydrogens (tertiary/aromatic N) is 2. The number of carbonyl (C=O) groups is 1. The molecule has 170 valence electrons. The summed E-state index contributed by atoms with van der Waals surface area (Å²) < 4.78 is 13.2. The Labute approximate surface area is 198 Å². The summed E-state index contributed by atoms with van der Waals surface area (Å²) in [5, 5.41) is 3.57. The summed E-state index contributed by atoms with van der Waals surface area (Å²) in [4.78, 5) is 17.5. The summed E-state index contributed by atoms with van der Waals surface area (Å²) in [6, 6.07) is 22.1. The molecule has 0 fully saturated rings. The van der Waals surface area contributed by atoms with Gasteiger partial charge in [-0.05, 0) is 67.9 Å². The number of hydrogen-bond acceptors (Lipinski definition) is 4. The average Bonchev–Trinajstić information content (AvgIpc) is 3.21. The largest absolute Gasteiger partial charge is 0.497 e. The Morgan fingerprint density at radius 2 is 1.82 bits per heavy atom. The normalized spacial score (nSPS) is 11.8. The van der Waals surface area contributed by atoms with Crippen LogP contribution in [0.2, 0.25) is 5.02 Å². The first-order valence-electron chi connectivity index (χ1n) is 10.8. The van der Waals surface area contributed by atoms with Crippen LogP contribution in [-0.4, -0.2) is 29.2 Å². The molecule has 1 heterocycles.